The van der Waals surface area contributed by atoms with Crippen LogP contribution >= 0.6 is 11.8 Å². The van der Waals surface area contributed by atoms with E-state index >= 15 is 0 Å². The number of hydrogen-bond acceptors (Lipinski definition) is 5. The van der Waals surface area contributed by atoms with Crippen molar-refractivity contribution in [1.82, 2.24) is 4.98 Å². The largest absolute Gasteiger partial charge is 0.450 e. The Hall–Kier alpha value is -0.970. The summed E-state index contributed by atoms with van der Waals surface area (Å²) in [5.41, 5.74) is 0.245. The molecule has 0 unspecified atom stereocenters. The fourth-order valence-electron chi connectivity index (χ4n) is 2.20. The van der Waals surface area contributed by atoms with E-state index in [2.05, 4.69) is 18.8 Å². The number of aromatic nitrogens is 1. The minimum absolute atomic E-state index is 0.118. The molecule has 0 aromatic carbocycles. The lowest BCUT2D eigenvalue weighted by atomic mass is 10.1. The SMILES string of the molecule is CCCCCCCCOc1nc(SCCCCC)c(C)c(=O)o1. The molecule has 1 aromatic heterocycles. The first-order valence-corrected chi connectivity index (χ1v) is 9.94. The maximum absolute atomic E-state index is 11.9. The molecule has 4 nitrogen and oxygen atoms in total. The smallest absolute Gasteiger partial charge is 0.397 e. The van der Waals surface area contributed by atoms with Crippen LogP contribution in [-0.4, -0.2) is 17.3 Å². The second-order valence-corrected chi connectivity index (χ2v) is 6.95. The van der Waals surface area contributed by atoms with E-state index in [0.29, 0.717) is 12.2 Å². The second-order valence-electron chi connectivity index (χ2n) is 5.87. The van der Waals surface area contributed by atoms with Crippen molar-refractivity contribution < 1.29 is 9.15 Å². The standard InChI is InChI=1S/C18H31NO3S/c1-4-6-8-9-10-11-13-21-18-19-16(15(3)17(20)22-18)23-14-12-7-5-2/h4-14H2,1-3H3. The van der Waals surface area contributed by atoms with Crippen LogP contribution in [-0.2, 0) is 0 Å². The lowest BCUT2D eigenvalue weighted by Gasteiger charge is -2.07. The van der Waals surface area contributed by atoms with E-state index in [-0.39, 0.29) is 11.7 Å². The predicted octanol–water partition coefficient (Wildman–Crippen LogP) is 5.36. The van der Waals surface area contributed by atoms with Gasteiger partial charge in [-0.05, 0) is 25.5 Å². The Morgan fingerprint density at radius 2 is 1.65 bits per heavy atom. The number of hydrogen-bond donors (Lipinski definition) is 0. The van der Waals surface area contributed by atoms with E-state index in [4.69, 9.17) is 9.15 Å². The Bertz CT molecular complexity index is 488. The van der Waals surface area contributed by atoms with E-state index in [1.807, 2.05) is 0 Å². The summed E-state index contributed by atoms with van der Waals surface area (Å²) in [5.74, 6) is 0.974. The van der Waals surface area contributed by atoms with Gasteiger partial charge in [0.1, 0.15) is 5.03 Å². The van der Waals surface area contributed by atoms with Crippen LogP contribution in [0.15, 0.2) is 14.2 Å². The third-order valence-corrected chi connectivity index (χ3v) is 4.87. The highest BCUT2D eigenvalue weighted by atomic mass is 32.2. The minimum atomic E-state index is -0.337. The van der Waals surface area contributed by atoms with E-state index in [0.717, 1.165) is 30.0 Å². The molecule has 0 fully saturated rings. The highest BCUT2D eigenvalue weighted by Crippen LogP contribution is 2.22. The maximum atomic E-state index is 11.9. The molecule has 0 saturated heterocycles. The zero-order valence-corrected chi connectivity index (χ0v) is 15.7. The molecule has 0 N–H and O–H groups in total. The molecule has 0 bridgehead atoms. The predicted molar refractivity (Wildman–Crippen MR) is 96.6 cm³/mol. The van der Waals surface area contributed by atoms with Crippen molar-refractivity contribution in [2.45, 2.75) is 83.6 Å². The second kappa shape index (κ2) is 12.5. The quantitative estimate of drug-likeness (QED) is 0.357. The van der Waals surface area contributed by atoms with Gasteiger partial charge in [-0.2, -0.15) is 4.98 Å². The molecule has 5 heteroatoms. The number of nitrogens with zero attached hydrogens (tertiary/aromatic N) is 1. The molecule has 0 aliphatic heterocycles. The van der Waals surface area contributed by atoms with Crippen LogP contribution in [0, 0.1) is 6.92 Å². The van der Waals surface area contributed by atoms with Crippen LogP contribution in [0.4, 0.5) is 0 Å². The lowest BCUT2D eigenvalue weighted by Crippen LogP contribution is -2.10. The van der Waals surface area contributed by atoms with Crippen molar-refractivity contribution in [3.8, 4) is 6.08 Å². The average Bonchev–Trinajstić information content (AvgIpc) is 2.54. The molecule has 23 heavy (non-hydrogen) atoms. The van der Waals surface area contributed by atoms with Gasteiger partial charge in [0.15, 0.2) is 0 Å². The van der Waals surface area contributed by atoms with Crippen LogP contribution < -0.4 is 10.4 Å². The highest BCUT2D eigenvalue weighted by Gasteiger charge is 2.11. The Labute approximate surface area is 144 Å². The summed E-state index contributed by atoms with van der Waals surface area (Å²) in [5, 5.41) is 0.746. The summed E-state index contributed by atoms with van der Waals surface area (Å²) < 4.78 is 10.6. The maximum Gasteiger partial charge on any atom is 0.397 e. The summed E-state index contributed by atoms with van der Waals surface area (Å²) in [6, 6.07) is 0. The van der Waals surface area contributed by atoms with Gasteiger partial charge < -0.3 is 9.15 Å². The van der Waals surface area contributed by atoms with Gasteiger partial charge in [-0.25, -0.2) is 4.79 Å². The molecule has 0 amide bonds. The molecule has 132 valence electrons. The summed E-state index contributed by atoms with van der Waals surface area (Å²) in [6.07, 6.45) is 10.8. The van der Waals surface area contributed by atoms with Crippen LogP contribution in [0.3, 0.4) is 0 Å². The number of unbranched alkanes of at least 4 members (excludes halogenated alkanes) is 7. The topological polar surface area (TPSA) is 52.3 Å². The van der Waals surface area contributed by atoms with Gasteiger partial charge >= 0.3 is 11.7 Å². The Morgan fingerprint density at radius 3 is 2.39 bits per heavy atom. The van der Waals surface area contributed by atoms with E-state index in [1.54, 1.807) is 18.7 Å². The van der Waals surface area contributed by atoms with Gasteiger partial charge in [0.05, 0.1) is 12.2 Å². The normalized spacial score (nSPS) is 10.9. The van der Waals surface area contributed by atoms with E-state index in [9.17, 15) is 4.79 Å². The van der Waals surface area contributed by atoms with E-state index in [1.165, 1.54) is 38.5 Å². The molecule has 0 saturated carbocycles. The molecular weight excluding hydrogens is 310 g/mol. The molecule has 1 aromatic rings. The molecule has 0 aliphatic carbocycles. The van der Waals surface area contributed by atoms with Crippen LogP contribution in [0.25, 0.3) is 0 Å². The van der Waals surface area contributed by atoms with Crippen LogP contribution in [0.1, 0.15) is 77.2 Å². The highest BCUT2D eigenvalue weighted by molar-refractivity contribution is 7.99. The summed E-state index contributed by atoms with van der Waals surface area (Å²) in [4.78, 5) is 16.2. The third kappa shape index (κ3) is 8.45. The van der Waals surface area contributed by atoms with Crippen molar-refractivity contribution >= 4 is 11.8 Å². The molecule has 0 aliphatic rings. The Balaban J connectivity index is 2.40. The third-order valence-electron chi connectivity index (χ3n) is 3.71. The van der Waals surface area contributed by atoms with Crippen molar-refractivity contribution in [1.29, 1.82) is 0 Å². The number of ether oxygens (including phenoxy) is 1. The van der Waals surface area contributed by atoms with Gasteiger partial charge in [-0.3, -0.25) is 0 Å². The molecule has 0 atom stereocenters. The monoisotopic (exact) mass is 341 g/mol. The van der Waals surface area contributed by atoms with Crippen LogP contribution in [0.2, 0.25) is 0 Å². The number of rotatable bonds is 13. The van der Waals surface area contributed by atoms with Gasteiger partial charge in [-0.1, -0.05) is 58.8 Å². The van der Waals surface area contributed by atoms with Crippen molar-refractivity contribution in [3.05, 3.63) is 16.0 Å². The average molecular weight is 342 g/mol. The van der Waals surface area contributed by atoms with Crippen molar-refractivity contribution in [2.24, 2.45) is 0 Å². The zero-order valence-electron chi connectivity index (χ0n) is 14.9. The van der Waals surface area contributed by atoms with Crippen LogP contribution in [0.5, 0.6) is 6.08 Å². The first kappa shape index (κ1) is 20.1. The molecular formula is C18H31NO3S. The molecule has 1 heterocycles. The minimum Gasteiger partial charge on any atom is -0.450 e. The van der Waals surface area contributed by atoms with Gasteiger partial charge in [0.2, 0.25) is 0 Å². The Morgan fingerprint density at radius 1 is 1.00 bits per heavy atom. The van der Waals surface area contributed by atoms with Crippen molar-refractivity contribution in [2.75, 3.05) is 12.4 Å². The van der Waals surface area contributed by atoms with Gasteiger partial charge in [-0.15, -0.1) is 11.8 Å². The molecule has 0 radical (unpaired) electrons. The summed E-state index contributed by atoms with van der Waals surface area (Å²) >= 11 is 1.62. The molecule has 1 rings (SSSR count). The summed E-state index contributed by atoms with van der Waals surface area (Å²) in [7, 11) is 0. The lowest BCUT2D eigenvalue weighted by molar-refractivity contribution is 0.204. The van der Waals surface area contributed by atoms with Gasteiger partial charge in [0, 0.05) is 0 Å². The zero-order chi connectivity index (χ0) is 16.9. The first-order valence-electron chi connectivity index (χ1n) is 8.96. The number of thioether (sulfide) groups is 1. The molecule has 0 spiro atoms. The Kier molecular flexibility index (Phi) is 10.9. The van der Waals surface area contributed by atoms with Gasteiger partial charge in [0.25, 0.3) is 0 Å². The fraction of sp³-hybridized carbons (Fsp3) is 0.778. The summed E-state index contributed by atoms with van der Waals surface area (Å²) in [6.45, 7) is 6.72. The van der Waals surface area contributed by atoms with E-state index < -0.39 is 0 Å². The fourth-order valence-corrected chi connectivity index (χ4v) is 3.18. The first-order chi connectivity index (χ1) is 11.2. The van der Waals surface area contributed by atoms with Crippen molar-refractivity contribution in [3.63, 3.8) is 0 Å².